The molecule has 0 radical (unpaired) electrons. The van der Waals surface area contributed by atoms with Crippen molar-refractivity contribution in [3.05, 3.63) is 0 Å². The molecule has 20 heavy (non-hydrogen) atoms. The molecule has 1 aromatic heterocycles. The number of thioether (sulfide) groups is 1. The van der Waals surface area contributed by atoms with Gasteiger partial charge in [-0.25, -0.2) is 4.68 Å². The van der Waals surface area contributed by atoms with Crippen LogP contribution in [-0.4, -0.2) is 36.7 Å². The molecule has 5 nitrogen and oxygen atoms in total. The molecule has 0 unspecified atom stereocenters. The zero-order chi connectivity index (χ0) is 14.0. The minimum absolute atomic E-state index is 0.466. The minimum Gasteiger partial charge on any atom is -0.389 e. The number of aliphatic hydroxyl groups is 1. The Morgan fingerprint density at radius 3 is 2.65 bits per heavy atom. The van der Waals surface area contributed by atoms with Crippen molar-refractivity contribution >= 4 is 11.8 Å². The lowest BCUT2D eigenvalue weighted by Gasteiger charge is -2.34. The first kappa shape index (κ1) is 14.3. The monoisotopic (exact) mass is 296 g/mol. The Morgan fingerprint density at radius 2 is 1.95 bits per heavy atom. The highest BCUT2D eigenvalue weighted by molar-refractivity contribution is 7.99. The highest BCUT2D eigenvalue weighted by Crippen LogP contribution is 2.37. The topological polar surface area (TPSA) is 63.8 Å². The molecule has 0 saturated heterocycles. The number of nitrogens with zero attached hydrogens (tertiary/aromatic N) is 4. The maximum absolute atomic E-state index is 10.6. The molecular weight excluding hydrogens is 272 g/mol. The summed E-state index contributed by atoms with van der Waals surface area (Å²) in [6.07, 6.45) is 8.99. The van der Waals surface area contributed by atoms with Gasteiger partial charge in [0.25, 0.3) is 0 Å². The Morgan fingerprint density at radius 1 is 1.25 bits per heavy atom. The zero-order valence-electron chi connectivity index (χ0n) is 12.2. The Hall–Kier alpha value is -0.620. The van der Waals surface area contributed by atoms with Gasteiger partial charge in [0.2, 0.25) is 5.16 Å². The molecule has 0 bridgehead atoms. The van der Waals surface area contributed by atoms with Gasteiger partial charge in [-0.05, 0) is 54.9 Å². The van der Waals surface area contributed by atoms with Gasteiger partial charge in [0.05, 0.1) is 11.6 Å². The number of rotatable bonds is 4. The molecule has 0 aliphatic heterocycles. The maximum Gasteiger partial charge on any atom is 0.209 e. The molecular formula is C14H24N4OS. The maximum atomic E-state index is 10.6. The van der Waals surface area contributed by atoms with E-state index < -0.39 is 5.60 Å². The second-order valence-electron chi connectivity index (χ2n) is 6.54. The van der Waals surface area contributed by atoms with Crippen molar-refractivity contribution < 1.29 is 5.11 Å². The molecule has 2 aliphatic rings. The lowest BCUT2D eigenvalue weighted by atomic mass is 9.81. The van der Waals surface area contributed by atoms with Crippen molar-refractivity contribution in [3.8, 4) is 0 Å². The van der Waals surface area contributed by atoms with E-state index in [1.165, 1.54) is 25.7 Å². The number of aromatic nitrogens is 4. The van der Waals surface area contributed by atoms with Crippen LogP contribution in [0, 0.1) is 5.92 Å². The summed E-state index contributed by atoms with van der Waals surface area (Å²) in [4.78, 5) is 0. The van der Waals surface area contributed by atoms with E-state index in [0.29, 0.717) is 11.8 Å². The minimum atomic E-state index is -0.524. The van der Waals surface area contributed by atoms with Crippen molar-refractivity contribution in [1.82, 2.24) is 20.2 Å². The first-order valence-corrected chi connectivity index (χ1v) is 8.78. The predicted octanol–water partition coefficient (Wildman–Crippen LogP) is 2.82. The van der Waals surface area contributed by atoms with Crippen molar-refractivity contribution in [2.45, 2.75) is 75.1 Å². The summed E-state index contributed by atoms with van der Waals surface area (Å²) in [5, 5.41) is 23.6. The zero-order valence-corrected chi connectivity index (χ0v) is 13.0. The van der Waals surface area contributed by atoms with E-state index in [2.05, 4.69) is 22.4 Å². The molecule has 2 fully saturated rings. The molecule has 1 N–H and O–H groups in total. The second kappa shape index (κ2) is 6.02. The Bertz CT molecular complexity index is 436. The lowest BCUT2D eigenvalue weighted by molar-refractivity contribution is 0.0149. The quantitative estimate of drug-likeness (QED) is 0.866. The summed E-state index contributed by atoms with van der Waals surface area (Å²) in [5.41, 5.74) is -0.524. The van der Waals surface area contributed by atoms with Crippen LogP contribution in [0.15, 0.2) is 5.16 Å². The summed E-state index contributed by atoms with van der Waals surface area (Å²) in [5.74, 6) is 1.47. The van der Waals surface area contributed by atoms with Gasteiger partial charge in [0, 0.05) is 5.75 Å². The third kappa shape index (κ3) is 3.17. The van der Waals surface area contributed by atoms with Gasteiger partial charge in [0.1, 0.15) is 0 Å². The molecule has 1 aromatic rings. The predicted molar refractivity (Wildman–Crippen MR) is 78.6 cm³/mol. The first-order chi connectivity index (χ1) is 9.66. The van der Waals surface area contributed by atoms with Gasteiger partial charge in [-0.15, -0.1) is 5.10 Å². The smallest absolute Gasteiger partial charge is 0.209 e. The summed E-state index contributed by atoms with van der Waals surface area (Å²) in [6, 6.07) is 0.466. The standard InChI is InChI=1S/C14H24N4OS/c1-11-6-8-14(19,9-7-11)10-20-13-15-16-17-18(13)12-4-2-3-5-12/h11-12,19H,2-10H2,1H3. The molecule has 1 heterocycles. The third-order valence-corrected chi connectivity index (χ3v) is 6.02. The summed E-state index contributed by atoms with van der Waals surface area (Å²) >= 11 is 1.62. The van der Waals surface area contributed by atoms with Crippen LogP contribution in [0.4, 0.5) is 0 Å². The van der Waals surface area contributed by atoms with Crippen molar-refractivity contribution in [2.24, 2.45) is 5.92 Å². The fraction of sp³-hybridized carbons (Fsp3) is 0.929. The van der Waals surface area contributed by atoms with E-state index in [1.807, 2.05) is 4.68 Å². The number of hydrogen-bond donors (Lipinski definition) is 1. The molecule has 0 spiro atoms. The van der Waals surface area contributed by atoms with Crippen LogP contribution >= 0.6 is 11.8 Å². The average Bonchev–Trinajstić information content (AvgIpc) is 3.10. The lowest BCUT2D eigenvalue weighted by Crippen LogP contribution is -2.36. The van der Waals surface area contributed by atoms with E-state index in [4.69, 9.17) is 0 Å². The molecule has 3 rings (SSSR count). The van der Waals surface area contributed by atoms with Crippen LogP contribution in [0.3, 0.4) is 0 Å². The van der Waals surface area contributed by atoms with E-state index in [0.717, 1.165) is 36.8 Å². The molecule has 0 atom stereocenters. The van der Waals surface area contributed by atoms with E-state index in [-0.39, 0.29) is 0 Å². The highest BCUT2D eigenvalue weighted by atomic mass is 32.2. The summed E-state index contributed by atoms with van der Waals surface area (Å²) in [6.45, 7) is 2.27. The summed E-state index contributed by atoms with van der Waals surface area (Å²) < 4.78 is 1.98. The van der Waals surface area contributed by atoms with Gasteiger partial charge < -0.3 is 5.11 Å². The Balaban J connectivity index is 1.59. The number of hydrogen-bond acceptors (Lipinski definition) is 5. The SMILES string of the molecule is CC1CCC(O)(CSc2nnnn2C2CCCC2)CC1. The van der Waals surface area contributed by atoms with Gasteiger partial charge in [-0.1, -0.05) is 31.5 Å². The fourth-order valence-corrected chi connectivity index (χ4v) is 4.40. The average molecular weight is 296 g/mol. The number of tetrazole rings is 1. The Labute approximate surface area is 124 Å². The molecule has 0 aromatic carbocycles. The van der Waals surface area contributed by atoms with Gasteiger partial charge in [0.15, 0.2) is 0 Å². The normalized spacial score (nSPS) is 31.8. The van der Waals surface area contributed by atoms with Gasteiger partial charge in [-0.2, -0.15) is 0 Å². The molecule has 112 valence electrons. The largest absolute Gasteiger partial charge is 0.389 e. The van der Waals surface area contributed by atoms with E-state index in [9.17, 15) is 5.11 Å². The molecule has 6 heteroatoms. The third-order valence-electron chi connectivity index (χ3n) is 4.81. The van der Waals surface area contributed by atoms with Gasteiger partial charge >= 0.3 is 0 Å². The Kier molecular flexibility index (Phi) is 4.31. The van der Waals surface area contributed by atoms with Crippen LogP contribution in [0.25, 0.3) is 0 Å². The van der Waals surface area contributed by atoms with Crippen LogP contribution in [-0.2, 0) is 0 Å². The van der Waals surface area contributed by atoms with Crippen LogP contribution in [0.1, 0.15) is 64.3 Å². The first-order valence-electron chi connectivity index (χ1n) is 7.79. The fourth-order valence-electron chi connectivity index (χ4n) is 3.30. The molecule has 0 amide bonds. The van der Waals surface area contributed by atoms with Crippen LogP contribution < -0.4 is 0 Å². The molecule has 2 aliphatic carbocycles. The summed E-state index contributed by atoms with van der Waals surface area (Å²) in [7, 11) is 0. The van der Waals surface area contributed by atoms with Crippen LogP contribution in [0.2, 0.25) is 0 Å². The second-order valence-corrected chi connectivity index (χ2v) is 7.48. The van der Waals surface area contributed by atoms with E-state index in [1.54, 1.807) is 11.8 Å². The molecule has 2 saturated carbocycles. The van der Waals surface area contributed by atoms with Crippen molar-refractivity contribution in [1.29, 1.82) is 0 Å². The highest BCUT2D eigenvalue weighted by Gasteiger charge is 2.33. The van der Waals surface area contributed by atoms with Gasteiger partial charge in [-0.3, -0.25) is 0 Å². The van der Waals surface area contributed by atoms with Crippen LogP contribution in [0.5, 0.6) is 0 Å². The van der Waals surface area contributed by atoms with Crippen molar-refractivity contribution in [3.63, 3.8) is 0 Å². The van der Waals surface area contributed by atoms with Crippen molar-refractivity contribution in [2.75, 3.05) is 5.75 Å². The van der Waals surface area contributed by atoms with E-state index >= 15 is 0 Å².